The highest BCUT2D eigenvalue weighted by Crippen LogP contribution is 2.47. The highest BCUT2D eigenvalue weighted by Gasteiger charge is 2.39. The van der Waals surface area contributed by atoms with Crippen molar-refractivity contribution in [1.82, 2.24) is 5.32 Å². The van der Waals surface area contributed by atoms with Crippen LogP contribution in [0.15, 0.2) is 48.5 Å². The van der Waals surface area contributed by atoms with Gasteiger partial charge in [-0.3, -0.25) is 0 Å². The van der Waals surface area contributed by atoms with Crippen molar-refractivity contribution in [3.8, 4) is 5.75 Å². The zero-order valence-electron chi connectivity index (χ0n) is 13.1. The summed E-state index contributed by atoms with van der Waals surface area (Å²) in [5.74, 6) is 1.70. The van der Waals surface area contributed by atoms with Gasteiger partial charge in [-0.2, -0.15) is 0 Å². The Morgan fingerprint density at radius 1 is 1.23 bits per heavy atom. The second-order valence-electron chi connectivity index (χ2n) is 6.03. The molecule has 0 aliphatic heterocycles. The van der Waals surface area contributed by atoms with E-state index in [9.17, 15) is 4.39 Å². The molecular formula is C19H22FNO. The Bertz CT molecular complexity index is 643. The predicted octanol–water partition coefficient (Wildman–Crippen LogP) is 4.29. The number of rotatable bonds is 6. The molecule has 2 aromatic carbocycles. The van der Waals surface area contributed by atoms with Crippen LogP contribution in [-0.4, -0.2) is 13.7 Å². The SMILES string of the molecule is COc1cccc([C@@H](C)NCC2CC2c2ccccc2F)c1. The molecule has 0 heterocycles. The van der Waals surface area contributed by atoms with E-state index in [4.69, 9.17) is 4.74 Å². The Morgan fingerprint density at radius 2 is 2.05 bits per heavy atom. The van der Waals surface area contributed by atoms with Gasteiger partial charge in [0.05, 0.1) is 7.11 Å². The molecule has 1 saturated carbocycles. The first kappa shape index (κ1) is 15.0. The summed E-state index contributed by atoms with van der Waals surface area (Å²) in [6, 6.07) is 15.5. The Hall–Kier alpha value is -1.87. The standard InChI is InChI=1S/C19H22FNO/c1-13(14-6-5-7-16(10-14)22-2)21-12-15-11-18(15)17-8-3-4-9-19(17)20/h3-10,13,15,18,21H,11-12H2,1-2H3/t13-,15?,18?/m1/s1. The van der Waals surface area contributed by atoms with Crippen LogP contribution < -0.4 is 10.1 Å². The highest BCUT2D eigenvalue weighted by molar-refractivity contribution is 5.31. The fourth-order valence-electron chi connectivity index (χ4n) is 2.99. The maximum Gasteiger partial charge on any atom is 0.126 e. The van der Waals surface area contributed by atoms with Crippen LogP contribution >= 0.6 is 0 Å². The third-order valence-electron chi connectivity index (χ3n) is 4.51. The number of nitrogens with one attached hydrogen (secondary N) is 1. The van der Waals surface area contributed by atoms with E-state index < -0.39 is 0 Å². The summed E-state index contributed by atoms with van der Waals surface area (Å²) in [5, 5.41) is 3.55. The Morgan fingerprint density at radius 3 is 2.82 bits per heavy atom. The molecule has 2 aromatic rings. The third kappa shape index (κ3) is 3.30. The van der Waals surface area contributed by atoms with Crippen LogP contribution in [0.2, 0.25) is 0 Å². The van der Waals surface area contributed by atoms with Gasteiger partial charge in [-0.1, -0.05) is 30.3 Å². The van der Waals surface area contributed by atoms with Crippen LogP contribution in [0.25, 0.3) is 0 Å². The van der Waals surface area contributed by atoms with E-state index in [1.54, 1.807) is 19.2 Å². The first-order chi connectivity index (χ1) is 10.7. The average molecular weight is 299 g/mol. The number of ether oxygens (including phenoxy) is 1. The summed E-state index contributed by atoms with van der Waals surface area (Å²) in [6.07, 6.45) is 1.07. The van der Waals surface area contributed by atoms with Crippen LogP contribution in [0.4, 0.5) is 4.39 Å². The predicted molar refractivity (Wildman–Crippen MR) is 86.7 cm³/mol. The third-order valence-corrected chi connectivity index (χ3v) is 4.51. The molecule has 0 amide bonds. The van der Waals surface area contributed by atoms with E-state index in [0.29, 0.717) is 11.8 Å². The van der Waals surface area contributed by atoms with Crippen molar-refractivity contribution in [2.24, 2.45) is 5.92 Å². The van der Waals surface area contributed by atoms with Crippen molar-refractivity contribution < 1.29 is 9.13 Å². The lowest BCUT2D eigenvalue weighted by Gasteiger charge is -2.15. The average Bonchev–Trinajstić information content (AvgIpc) is 3.32. The second kappa shape index (κ2) is 6.49. The molecule has 1 aliphatic carbocycles. The summed E-state index contributed by atoms with van der Waals surface area (Å²) >= 11 is 0. The molecule has 22 heavy (non-hydrogen) atoms. The van der Waals surface area contributed by atoms with Gasteiger partial charge >= 0.3 is 0 Å². The zero-order valence-corrected chi connectivity index (χ0v) is 13.1. The molecule has 0 saturated heterocycles. The number of hydrogen-bond acceptors (Lipinski definition) is 2. The van der Waals surface area contributed by atoms with Crippen LogP contribution in [-0.2, 0) is 0 Å². The van der Waals surface area contributed by atoms with E-state index in [0.717, 1.165) is 24.3 Å². The van der Waals surface area contributed by atoms with Gasteiger partial charge in [-0.25, -0.2) is 4.39 Å². The molecule has 1 fully saturated rings. The molecule has 2 unspecified atom stereocenters. The number of hydrogen-bond donors (Lipinski definition) is 1. The lowest BCUT2D eigenvalue weighted by Crippen LogP contribution is -2.21. The molecule has 1 N–H and O–H groups in total. The van der Waals surface area contributed by atoms with Crippen molar-refractivity contribution in [1.29, 1.82) is 0 Å². The summed E-state index contributed by atoms with van der Waals surface area (Å²) in [4.78, 5) is 0. The van der Waals surface area contributed by atoms with Crippen LogP contribution in [0.1, 0.15) is 36.4 Å². The molecule has 0 bridgehead atoms. The summed E-state index contributed by atoms with van der Waals surface area (Å²) in [5.41, 5.74) is 2.07. The molecule has 2 nitrogen and oxygen atoms in total. The quantitative estimate of drug-likeness (QED) is 0.859. The maximum absolute atomic E-state index is 13.8. The van der Waals surface area contributed by atoms with Gasteiger partial charge < -0.3 is 10.1 Å². The van der Waals surface area contributed by atoms with Gasteiger partial charge in [0.2, 0.25) is 0 Å². The van der Waals surface area contributed by atoms with Crippen molar-refractivity contribution in [2.75, 3.05) is 13.7 Å². The lowest BCUT2D eigenvalue weighted by molar-refractivity contribution is 0.413. The van der Waals surface area contributed by atoms with Crippen LogP contribution in [0, 0.1) is 11.7 Å². The lowest BCUT2D eigenvalue weighted by atomic mass is 10.1. The maximum atomic E-state index is 13.8. The molecule has 1 aliphatic rings. The molecule has 3 heteroatoms. The molecule has 0 radical (unpaired) electrons. The molecular weight excluding hydrogens is 277 g/mol. The van der Waals surface area contributed by atoms with Crippen molar-refractivity contribution in [3.63, 3.8) is 0 Å². The Balaban J connectivity index is 1.54. The van der Waals surface area contributed by atoms with Crippen molar-refractivity contribution in [2.45, 2.75) is 25.3 Å². The van der Waals surface area contributed by atoms with Crippen LogP contribution in [0.3, 0.4) is 0 Å². The van der Waals surface area contributed by atoms with E-state index in [-0.39, 0.29) is 11.9 Å². The smallest absolute Gasteiger partial charge is 0.126 e. The summed E-state index contributed by atoms with van der Waals surface area (Å²) in [6.45, 7) is 3.06. The minimum Gasteiger partial charge on any atom is -0.497 e. The number of halogens is 1. The zero-order chi connectivity index (χ0) is 15.5. The first-order valence-corrected chi connectivity index (χ1v) is 7.81. The summed E-state index contributed by atoms with van der Waals surface area (Å²) < 4.78 is 19.0. The molecule has 3 rings (SSSR count). The second-order valence-corrected chi connectivity index (χ2v) is 6.03. The number of methoxy groups -OCH3 is 1. The molecule has 0 spiro atoms. The molecule has 3 atom stereocenters. The monoisotopic (exact) mass is 299 g/mol. The fraction of sp³-hybridized carbons (Fsp3) is 0.368. The Kier molecular flexibility index (Phi) is 4.44. The fourth-order valence-corrected chi connectivity index (χ4v) is 2.99. The molecule has 116 valence electrons. The van der Waals surface area contributed by atoms with Crippen LogP contribution in [0.5, 0.6) is 5.75 Å². The van der Waals surface area contributed by atoms with Gasteiger partial charge in [-0.15, -0.1) is 0 Å². The van der Waals surface area contributed by atoms with E-state index in [2.05, 4.69) is 24.4 Å². The topological polar surface area (TPSA) is 21.3 Å². The van der Waals surface area contributed by atoms with Crippen molar-refractivity contribution >= 4 is 0 Å². The van der Waals surface area contributed by atoms with Gasteiger partial charge in [-0.05, 0) is 61.1 Å². The van der Waals surface area contributed by atoms with Crippen molar-refractivity contribution in [3.05, 3.63) is 65.5 Å². The van der Waals surface area contributed by atoms with Gasteiger partial charge in [0, 0.05) is 6.04 Å². The van der Waals surface area contributed by atoms with Gasteiger partial charge in [0.1, 0.15) is 11.6 Å². The first-order valence-electron chi connectivity index (χ1n) is 7.81. The normalized spacial score (nSPS) is 21.4. The van der Waals surface area contributed by atoms with Gasteiger partial charge in [0.15, 0.2) is 0 Å². The van der Waals surface area contributed by atoms with E-state index in [1.807, 2.05) is 24.3 Å². The highest BCUT2D eigenvalue weighted by atomic mass is 19.1. The van der Waals surface area contributed by atoms with E-state index >= 15 is 0 Å². The van der Waals surface area contributed by atoms with E-state index in [1.165, 1.54) is 5.56 Å². The number of benzene rings is 2. The van der Waals surface area contributed by atoms with Gasteiger partial charge in [0.25, 0.3) is 0 Å². The largest absolute Gasteiger partial charge is 0.497 e. The summed E-state index contributed by atoms with van der Waals surface area (Å²) in [7, 11) is 1.68. The Labute approximate surface area is 131 Å². The molecule has 0 aromatic heterocycles. The minimum atomic E-state index is -0.0733. The minimum absolute atomic E-state index is 0.0733.